The molecule has 3 heteroatoms. The zero-order chi connectivity index (χ0) is 13.2. The molecule has 0 unspecified atom stereocenters. The van der Waals surface area contributed by atoms with E-state index in [-0.39, 0.29) is 0 Å². The van der Waals surface area contributed by atoms with Crippen molar-refractivity contribution in [2.24, 2.45) is 11.1 Å². The Morgan fingerprint density at radius 1 is 1.39 bits per heavy atom. The van der Waals surface area contributed by atoms with Crippen molar-refractivity contribution in [2.45, 2.75) is 65.7 Å². The average molecular weight is 251 g/mol. The van der Waals surface area contributed by atoms with Crippen LogP contribution in [-0.4, -0.2) is 6.10 Å². The number of nitrogens with two attached hydrogens (primary N) is 1. The van der Waals surface area contributed by atoms with Crippen molar-refractivity contribution in [3.63, 3.8) is 0 Å². The lowest BCUT2D eigenvalue weighted by molar-refractivity contribution is -0.0122. The first kappa shape index (κ1) is 13.6. The standard InChI is InChI=1S/C15H25NO2/c1-11-12(9-16)8-14(18-11)10-17-13-4-6-15(2,3)7-5-13/h8,13H,4-7,9-10,16H2,1-3H3. The maximum Gasteiger partial charge on any atom is 0.130 e. The quantitative estimate of drug-likeness (QED) is 0.890. The van der Waals surface area contributed by atoms with Crippen molar-refractivity contribution in [3.05, 3.63) is 23.2 Å². The zero-order valence-electron chi connectivity index (χ0n) is 11.8. The SMILES string of the molecule is Cc1oc(COC2CCC(C)(C)CC2)cc1CN. The molecule has 102 valence electrons. The molecule has 1 aromatic rings. The van der Waals surface area contributed by atoms with Crippen molar-refractivity contribution in [2.75, 3.05) is 0 Å². The number of aryl methyl sites for hydroxylation is 1. The second-order valence-electron chi connectivity index (χ2n) is 6.17. The van der Waals surface area contributed by atoms with E-state index in [4.69, 9.17) is 14.9 Å². The van der Waals surface area contributed by atoms with E-state index in [0.29, 0.717) is 24.7 Å². The third-order valence-corrected chi connectivity index (χ3v) is 4.04. The van der Waals surface area contributed by atoms with Crippen LogP contribution in [0.1, 0.15) is 56.6 Å². The van der Waals surface area contributed by atoms with Gasteiger partial charge in [-0.15, -0.1) is 0 Å². The molecule has 1 aliphatic rings. The molecule has 2 rings (SSSR count). The van der Waals surface area contributed by atoms with E-state index in [9.17, 15) is 0 Å². The molecular weight excluding hydrogens is 226 g/mol. The molecule has 1 fully saturated rings. The maximum absolute atomic E-state index is 5.94. The Hall–Kier alpha value is -0.800. The summed E-state index contributed by atoms with van der Waals surface area (Å²) in [5, 5.41) is 0. The average Bonchev–Trinajstić information content (AvgIpc) is 2.68. The zero-order valence-corrected chi connectivity index (χ0v) is 11.8. The summed E-state index contributed by atoms with van der Waals surface area (Å²) < 4.78 is 11.6. The van der Waals surface area contributed by atoms with Gasteiger partial charge < -0.3 is 14.9 Å². The highest BCUT2D eigenvalue weighted by molar-refractivity contribution is 5.19. The van der Waals surface area contributed by atoms with Gasteiger partial charge in [-0.3, -0.25) is 0 Å². The lowest BCUT2D eigenvalue weighted by Gasteiger charge is -2.33. The van der Waals surface area contributed by atoms with E-state index in [1.165, 1.54) is 12.8 Å². The van der Waals surface area contributed by atoms with Gasteiger partial charge in [0.15, 0.2) is 0 Å². The van der Waals surface area contributed by atoms with Gasteiger partial charge >= 0.3 is 0 Å². The number of ether oxygens (including phenoxy) is 1. The number of rotatable bonds is 4. The summed E-state index contributed by atoms with van der Waals surface area (Å²) in [7, 11) is 0. The molecule has 1 aliphatic carbocycles. The summed E-state index contributed by atoms with van der Waals surface area (Å²) in [6.45, 7) is 7.74. The first-order valence-electron chi connectivity index (χ1n) is 6.90. The molecule has 3 nitrogen and oxygen atoms in total. The van der Waals surface area contributed by atoms with Crippen molar-refractivity contribution in [1.29, 1.82) is 0 Å². The van der Waals surface area contributed by atoms with Crippen LogP contribution in [0.5, 0.6) is 0 Å². The molecule has 0 aromatic carbocycles. The van der Waals surface area contributed by atoms with Crippen LogP contribution in [0.3, 0.4) is 0 Å². The summed E-state index contributed by atoms with van der Waals surface area (Å²) in [6, 6.07) is 2.02. The summed E-state index contributed by atoms with van der Waals surface area (Å²) >= 11 is 0. The Kier molecular flexibility index (Phi) is 4.13. The largest absolute Gasteiger partial charge is 0.464 e. The normalized spacial score (nSPS) is 20.2. The molecule has 18 heavy (non-hydrogen) atoms. The summed E-state index contributed by atoms with van der Waals surface area (Å²) in [5.74, 6) is 1.82. The highest BCUT2D eigenvalue weighted by atomic mass is 16.5. The molecule has 0 radical (unpaired) electrons. The predicted octanol–water partition coefficient (Wildman–Crippen LogP) is 3.53. The fourth-order valence-corrected chi connectivity index (χ4v) is 2.60. The van der Waals surface area contributed by atoms with Crippen LogP contribution in [0.15, 0.2) is 10.5 Å². The molecule has 1 saturated carbocycles. The molecule has 0 saturated heterocycles. The second-order valence-corrected chi connectivity index (χ2v) is 6.17. The van der Waals surface area contributed by atoms with Crippen LogP contribution in [0, 0.1) is 12.3 Å². The third kappa shape index (κ3) is 3.36. The van der Waals surface area contributed by atoms with Crippen LogP contribution < -0.4 is 5.73 Å². The summed E-state index contributed by atoms with van der Waals surface area (Å²) in [6.07, 6.45) is 5.23. The summed E-state index contributed by atoms with van der Waals surface area (Å²) in [5.41, 5.74) is 7.21. The lowest BCUT2D eigenvalue weighted by Crippen LogP contribution is -2.26. The predicted molar refractivity (Wildman–Crippen MR) is 72.2 cm³/mol. The van der Waals surface area contributed by atoms with Crippen molar-refractivity contribution in [1.82, 2.24) is 0 Å². The van der Waals surface area contributed by atoms with E-state index < -0.39 is 0 Å². The van der Waals surface area contributed by atoms with Crippen molar-refractivity contribution < 1.29 is 9.15 Å². The van der Waals surface area contributed by atoms with Gasteiger partial charge in [-0.25, -0.2) is 0 Å². The highest BCUT2D eigenvalue weighted by Crippen LogP contribution is 2.36. The number of hydrogen-bond acceptors (Lipinski definition) is 3. The Balaban J connectivity index is 1.81. The number of furan rings is 1. The van der Waals surface area contributed by atoms with E-state index >= 15 is 0 Å². The molecule has 0 amide bonds. The van der Waals surface area contributed by atoms with Crippen LogP contribution in [-0.2, 0) is 17.9 Å². The molecule has 0 aliphatic heterocycles. The second kappa shape index (κ2) is 5.45. The fourth-order valence-electron chi connectivity index (χ4n) is 2.60. The maximum atomic E-state index is 5.94. The van der Waals surface area contributed by atoms with Gasteiger partial charge in [0.05, 0.1) is 6.10 Å². The minimum atomic E-state index is 0.393. The third-order valence-electron chi connectivity index (χ3n) is 4.04. The van der Waals surface area contributed by atoms with Gasteiger partial charge in [0.25, 0.3) is 0 Å². The minimum Gasteiger partial charge on any atom is -0.464 e. The van der Waals surface area contributed by atoms with Crippen LogP contribution >= 0.6 is 0 Å². The van der Waals surface area contributed by atoms with Gasteiger partial charge in [0.2, 0.25) is 0 Å². The highest BCUT2D eigenvalue weighted by Gasteiger charge is 2.27. The Morgan fingerprint density at radius 3 is 2.61 bits per heavy atom. The molecule has 0 spiro atoms. The molecule has 2 N–H and O–H groups in total. The molecule has 1 aromatic heterocycles. The van der Waals surface area contributed by atoms with Crippen molar-refractivity contribution >= 4 is 0 Å². The monoisotopic (exact) mass is 251 g/mol. The van der Waals surface area contributed by atoms with Crippen LogP contribution in [0.4, 0.5) is 0 Å². The first-order chi connectivity index (χ1) is 8.50. The van der Waals surface area contributed by atoms with Gasteiger partial charge in [0.1, 0.15) is 18.1 Å². The Bertz CT molecular complexity index is 385. The first-order valence-corrected chi connectivity index (χ1v) is 6.90. The fraction of sp³-hybridized carbons (Fsp3) is 0.733. The van der Waals surface area contributed by atoms with Gasteiger partial charge in [-0.1, -0.05) is 13.8 Å². The summed E-state index contributed by atoms with van der Waals surface area (Å²) in [4.78, 5) is 0. The van der Waals surface area contributed by atoms with Crippen LogP contribution in [0.25, 0.3) is 0 Å². The van der Waals surface area contributed by atoms with E-state index in [2.05, 4.69) is 13.8 Å². The molecular formula is C15H25NO2. The van der Waals surface area contributed by atoms with E-state index in [1.807, 2.05) is 13.0 Å². The van der Waals surface area contributed by atoms with Gasteiger partial charge in [0, 0.05) is 12.1 Å². The van der Waals surface area contributed by atoms with Gasteiger partial charge in [-0.2, -0.15) is 0 Å². The van der Waals surface area contributed by atoms with Gasteiger partial charge in [-0.05, 0) is 44.1 Å². The van der Waals surface area contributed by atoms with E-state index in [0.717, 1.165) is 29.9 Å². The number of hydrogen-bond donors (Lipinski definition) is 1. The lowest BCUT2D eigenvalue weighted by atomic mass is 9.76. The topological polar surface area (TPSA) is 48.4 Å². The van der Waals surface area contributed by atoms with Crippen molar-refractivity contribution in [3.8, 4) is 0 Å². The minimum absolute atomic E-state index is 0.393. The van der Waals surface area contributed by atoms with Crippen LogP contribution in [0.2, 0.25) is 0 Å². The molecule has 1 heterocycles. The Labute approximate surface area is 110 Å². The Morgan fingerprint density at radius 2 is 2.06 bits per heavy atom. The van der Waals surface area contributed by atoms with E-state index in [1.54, 1.807) is 0 Å². The smallest absolute Gasteiger partial charge is 0.130 e. The molecule has 0 atom stereocenters. The molecule has 0 bridgehead atoms.